The van der Waals surface area contributed by atoms with E-state index in [2.05, 4.69) is 12.8 Å². The molecule has 0 saturated carbocycles. The van der Waals surface area contributed by atoms with Crippen LogP contribution >= 0.6 is 0 Å². The third-order valence-electron chi connectivity index (χ3n) is 2.89. The topological polar surface area (TPSA) is 26.3 Å². The third-order valence-corrected chi connectivity index (χ3v) is 2.89. The molecular formula is C16H20O2. The number of carbonyl (C=O) groups is 1. The van der Waals surface area contributed by atoms with E-state index < -0.39 is 0 Å². The lowest BCUT2D eigenvalue weighted by molar-refractivity contribution is 0.111. The van der Waals surface area contributed by atoms with Crippen LogP contribution in [0, 0.1) is 19.3 Å². The molecule has 2 heteroatoms. The van der Waals surface area contributed by atoms with Gasteiger partial charge < -0.3 is 4.74 Å². The lowest BCUT2D eigenvalue weighted by atomic mass is 10.1. The number of terminal acetylenes is 1. The van der Waals surface area contributed by atoms with Crippen molar-refractivity contribution in [2.24, 2.45) is 0 Å². The standard InChI is InChI=1S/C16H20O2/c1-4-6-7-8-9-18-16-11-14(5-2)13(3)10-15(16)12-17/h2,10-12H,4,6-9H2,1,3H3. The van der Waals surface area contributed by atoms with Crippen LogP contribution in [0.2, 0.25) is 0 Å². The van der Waals surface area contributed by atoms with Gasteiger partial charge in [-0.3, -0.25) is 4.79 Å². The van der Waals surface area contributed by atoms with Crippen molar-refractivity contribution in [3.05, 3.63) is 28.8 Å². The highest BCUT2D eigenvalue weighted by atomic mass is 16.5. The molecule has 0 atom stereocenters. The fourth-order valence-corrected chi connectivity index (χ4v) is 1.79. The van der Waals surface area contributed by atoms with Crippen LogP contribution in [-0.2, 0) is 0 Å². The molecule has 0 bridgehead atoms. The summed E-state index contributed by atoms with van der Waals surface area (Å²) in [4.78, 5) is 11.0. The monoisotopic (exact) mass is 244 g/mol. The Morgan fingerprint density at radius 3 is 2.72 bits per heavy atom. The summed E-state index contributed by atoms with van der Waals surface area (Å²) >= 11 is 0. The second-order valence-corrected chi connectivity index (χ2v) is 4.38. The number of hydrogen-bond donors (Lipinski definition) is 0. The average molecular weight is 244 g/mol. The predicted octanol–water partition coefficient (Wildman–Crippen LogP) is 3.75. The quantitative estimate of drug-likeness (QED) is 0.415. The number of rotatable bonds is 7. The van der Waals surface area contributed by atoms with Gasteiger partial charge in [-0.05, 0) is 31.0 Å². The van der Waals surface area contributed by atoms with E-state index in [4.69, 9.17) is 11.2 Å². The molecule has 1 rings (SSSR count). The maximum absolute atomic E-state index is 11.0. The predicted molar refractivity (Wildman–Crippen MR) is 74.1 cm³/mol. The van der Waals surface area contributed by atoms with Crippen LogP contribution in [-0.4, -0.2) is 12.9 Å². The fraction of sp³-hybridized carbons (Fsp3) is 0.438. The Morgan fingerprint density at radius 1 is 1.33 bits per heavy atom. The van der Waals surface area contributed by atoms with E-state index in [0.29, 0.717) is 17.9 Å². The molecule has 2 nitrogen and oxygen atoms in total. The maximum Gasteiger partial charge on any atom is 0.153 e. The first kappa shape index (κ1) is 14.3. The van der Waals surface area contributed by atoms with Crippen LogP contribution in [0.3, 0.4) is 0 Å². The molecule has 0 saturated heterocycles. The van der Waals surface area contributed by atoms with Crippen molar-refractivity contribution in [3.8, 4) is 18.1 Å². The molecular weight excluding hydrogens is 224 g/mol. The van der Waals surface area contributed by atoms with Gasteiger partial charge in [0.25, 0.3) is 0 Å². The highest BCUT2D eigenvalue weighted by Gasteiger charge is 2.07. The Bertz CT molecular complexity index is 441. The molecule has 0 N–H and O–H groups in total. The lowest BCUT2D eigenvalue weighted by Crippen LogP contribution is -2.01. The second kappa shape index (κ2) is 7.55. The summed E-state index contributed by atoms with van der Waals surface area (Å²) in [6.45, 7) is 4.70. The molecule has 0 fully saturated rings. The van der Waals surface area contributed by atoms with Crippen LogP contribution in [0.5, 0.6) is 5.75 Å². The SMILES string of the molecule is C#Cc1cc(OCCCCCC)c(C=O)cc1C. The minimum Gasteiger partial charge on any atom is -0.493 e. The van der Waals surface area contributed by atoms with Gasteiger partial charge in [-0.15, -0.1) is 6.42 Å². The summed E-state index contributed by atoms with van der Waals surface area (Å²) in [6.07, 6.45) is 10.8. The molecule has 1 aromatic rings. The van der Waals surface area contributed by atoms with E-state index in [0.717, 1.165) is 30.3 Å². The van der Waals surface area contributed by atoms with Gasteiger partial charge in [-0.1, -0.05) is 32.1 Å². The molecule has 0 aromatic heterocycles. The molecule has 0 radical (unpaired) electrons. The molecule has 96 valence electrons. The third kappa shape index (κ3) is 3.92. The van der Waals surface area contributed by atoms with Crippen molar-refractivity contribution >= 4 is 6.29 Å². The van der Waals surface area contributed by atoms with E-state index in [-0.39, 0.29) is 0 Å². The van der Waals surface area contributed by atoms with Crippen LogP contribution in [0.25, 0.3) is 0 Å². The van der Waals surface area contributed by atoms with Crippen LogP contribution in [0.4, 0.5) is 0 Å². The summed E-state index contributed by atoms with van der Waals surface area (Å²) < 4.78 is 5.65. The lowest BCUT2D eigenvalue weighted by Gasteiger charge is -2.10. The van der Waals surface area contributed by atoms with Crippen molar-refractivity contribution in [1.82, 2.24) is 0 Å². The number of hydrogen-bond acceptors (Lipinski definition) is 2. The van der Waals surface area contributed by atoms with Gasteiger partial charge in [0.15, 0.2) is 6.29 Å². The van der Waals surface area contributed by atoms with E-state index in [1.165, 1.54) is 12.8 Å². The Hall–Kier alpha value is -1.75. The van der Waals surface area contributed by atoms with Gasteiger partial charge in [0.05, 0.1) is 12.2 Å². The zero-order chi connectivity index (χ0) is 13.4. The number of aryl methyl sites for hydroxylation is 1. The number of carbonyl (C=O) groups excluding carboxylic acids is 1. The second-order valence-electron chi connectivity index (χ2n) is 4.38. The summed E-state index contributed by atoms with van der Waals surface area (Å²) in [6, 6.07) is 3.56. The highest BCUT2D eigenvalue weighted by molar-refractivity contribution is 5.80. The van der Waals surface area contributed by atoms with Crippen LogP contribution < -0.4 is 4.74 Å². The number of benzene rings is 1. The molecule has 0 aliphatic carbocycles. The van der Waals surface area contributed by atoms with Crippen molar-refractivity contribution in [2.45, 2.75) is 39.5 Å². The van der Waals surface area contributed by atoms with Gasteiger partial charge in [0.1, 0.15) is 5.75 Å². The summed E-state index contributed by atoms with van der Waals surface area (Å²) in [5.41, 5.74) is 2.28. The largest absolute Gasteiger partial charge is 0.493 e. The average Bonchev–Trinajstić information content (AvgIpc) is 2.39. The number of unbranched alkanes of at least 4 members (excludes halogenated alkanes) is 3. The minimum absolute atomic E-state index is 0.571. The van der Waals surface area contributed by atoms with Crippen molar-refractivity contribution < 1.29 is 9.53 Å². The first-order valence-electron chi connectivity index (χ1n) is 6.42. The van der Waals surface area contributed by atoms with E-state index in [1.807, 2.05) is 6.92 Å². The van der Waals surface area contributed by atoms with Gasteiger partial charge in [-0.25, -0.2) is 0 Å². The van der Waals surface area contributed by atoms with Crippen LogP contribution in [0.15, 0.2) is 12.1 Å². The van der Waals surface area contributed by atoms with Gasteiger partial charge in [0, 0.05) is 5.56 Å². The number of ether oxygens (including phenoxy) is 1. The molecule has 1 aromatic carbocycles. The highest BCUT2D eigenvalue weighted by Crippen LogP contribution is 2.22. The van der Waals surface area contributed by atoms with Crippen molar-refractivity contribution in [1.29, 1.82) is 0 Å². The molecule has 0 unspecified atom stereocenters. The van der Waals surface area contributed by atoms with E-state index in [1.54, 1.807) is 12.1 Å². The van der Waals surface area contributed by atoms with Crippen LogP contribution in [0.1, 0.15) is 54.1 Å². The van der Waals surface area contributed by atoms with E-state index >= 15 is 0 Å². The van der Waals surface area contributed by atoms with E-state index in [9.17, 15) is 4.79 Å². The molecule has 0 amide bonds. The Balaban J connectivity index is 2.69. The van der Waals surface area contributed by atoms with Gasteiger partial charge in [-0.2, -0.15) is 0 Å². The molecule has 0 aliphatic heterocycles. The summed E-state index contributed by atoms with van der Waals surface area (Å²) in [7, 11) is 0. The van der Waals surface area contributed by atoms with Gasteiger partial charge >= 0.3 is 0 Å². The molecule has 0 heterocycles. The molecule has 0 aliphatic rings. The Kier molecular flexibility index (Phi) is 6.00. The minimum atomic E-state index is 0.571. The number of aldehydes is 1. The zero-order valence-electron chi connectivity index (χ0n) is 11.2. The van der Waals surface area contributed by atoms with Crippen molar-refractivity contribution in [2.75, 3.05) is 6.61 Å². The molecule has 0 spiro atoms. The maximum atomic E-state index is 11.0. The first-order valence-corrected chi connectivity index (χ1v) is 6.42. The molecule has 18 heavy (non-hydrogen) atoms. The smallest absolute Gasteiger partial charge is 0.153 e. The summed E-state index contributed by atoms with van der Waals surface area (Å²) in [5.74, 6) is 3.20. The Morgan fingerprint density at radius 2 is 2.11 bits per heavy atom. The summed E-state index contributed by atoms with van der Waals surface area (Å²) in [5, 5.41) is 0. The first-order chi connectivity index (χ1) is 8.72. The van der Waals surface area contributed by atoms with Gasteiger partial charge in [0.2, 0.25) is 0 Å². The normalized spacial score (nSPS) is 9.83. The Labute approximate surface area is 109 Å². The van der Waals surface area contributed by atoms with Crippen molar-refractivity contribution in [3.63, 3.8) is 0 Å². The fourth-order valence-electron chi connectivity index (χ4n) is 1.79. The zero-order valence-corrected chi connectivity index (χ0v) is 11.2.